The summed E-state index contributed by atoms with van der Waals surface area (Å²) in [5.74, 6) is 0. The van der Waals surface area contributed by atoms with Crippen LogP contribution in [-0.4, -0.2) is 27.3 Å². The van der Waals surface area contributed by atoms with Crippen molar-refractivity contribution in [1.82, 2.24) is 0 Å². The van der Waals surface area contributed by atoms with Crippen LogP contribution >= 0.6 is 0 Å². The first-order chi connectivity index (χ1) is 2.00. The molecule has 0 rings (SSSR count). The van der Waals surface area contributed by atoms with E-state index in [4.69, 9.17) is 13.7 Å². The van der Waals surface area contributed by atoms with E-state index in [1.807, 2.05) is 0 Å². The van der Waals surface area contributed by atoms with Crippen LogP contribution in [0.1, 0.15) is 0 Å². The zero-order valence-corrected chi connectivity index (χ0v) is 8.95. The minimum atomic E-state index is -5.69. The Morgan fingerprint density at radius 1 is 1.17 bits per heavy atom. The number of hydrogen-bond donors (Lipinski definition) is 1. The van der Waals surface area contributed by atoms with Crippen LogP contribution in [0.4, 0.5) is 0 Å². The average molecular weight is 313 g/mol. The van der Waals surface area contributed by atoms with E-state index in [1.54, 1.807) is 0 Å². The minimum absolute atomic E-state index is 0. The first-order valence-electron chi connectivity index (χ1n) is 0.632. The molecule has 0 aromatic heterocycles. The fraction of sp³-hybridized carbons (Fsp3) is 0. The zero-order chi connectivity index (χ0) is 4.50. The van der Waals surface area contributed by atoms with Crippen molar-refractivity contribution >= 4 is 23.9 Å². The monoisotopic (exact) mass is 314 g/mol. The summed E-state index contributed by atoms with van der Waals surface area (Å²) in [4.78, 5) is 0. The number of rotatable bonds is 0. The Morgan fingerprint density at radius 2 is 1.17 bits per heavy atom. The van der Waals surface area contributed by atoms with E-state index in [0.717, 1.165) is 0 Å². The van der Waals surface area contributed by atoms with Crippen LogP contribution in [0.2, 0.25) is 0 Å². The van der Waals surface area contributed by atoms with Crippen LogP contribution in [-0.2, 0) is 0 Å². The summed E-state index contributed by atoms with van der Waals surface area (Å²) in [6.45, 7) is 0. The molecule has 0 spiro atoms. The van der Waals surface area contributed by atoms with Crippen molar-refractivity contribution < 1.29 is 33.8 Å². The van der Waals surface area contributed by atoms with Gasteiger partial charge >= 0.3 is 44.0 Å². The molecule has 0 aliphatic rings. The molecule has 1 N–H and O–H groups in total. The molecule has 0 saturated heterocycles. The molecule has 0 aliphatic heterocycles. The molecule has 0 saturated carbocycles. The summed E-state index contributed by atoms with van der Waals surface area (Å²) >= 11 is -5.69. The fourth-order valence-corrected chi connectivity index (χ4v) is 0. The molecule has 0 unspecified atom stereocenters. The van der Waals surface area contributed by atoms with Crippen LogP contribution in [0.3, 0.4) is 0 Å². The van der Waals surface area contributed by atoms with Gasteiger partial charge in [0.15, 0.2) is 0 Å². The maximum atomic E-state index is 8.73. The van der Waals surface area contributed by atoms with Crippen LogP contribution in [0.15, 0.2) is 0 Å². The van der Waals surface area contributed by atoms with E-state index in [9.17, 15) is 0 Å². The molecule has 0 aromatic rings. The molecule has 0 heterocycles. The normalized spacial score (nSPS) is 10.0. The molecular formula is H3IO4Sn. The molecular weight excluding hydrogens is 310 g/mol. The molecule has 4 nitrogen and oxygen atoms in total. The Hall–Kier alpha value is 1.37. The topological polar surface area (TPSA) is 89.4 Å². The third-order valence-corrected chi connectivity index (χ3v) is 0. The van der Waals surface area contributed by atoms with Gasteiger partial charge in [0.25, 0.3) is 0 Å². The van der Waals surface area contributed by atoms with Crippen molar-refractivity contribution in [2.75, 3.05) is 0 Å². The molecule has 6 heavy (non-hydrogen) atoms. The Balaban J connectivity index is 0. The fourth-order valence-electron chi connectivity index (χ4n) is 0. The van der Waals surface area contributed by atoms with Gasteiger partial charge in [-0.2, -0.15) is 0 Å². The van der Waals surface area contributed by atoms with Gasteiger partial charge in [0.05, 0.1) is 0 Å². The quantitative estimate of drug-likeness (QED) is 0.355. The van der Waals surface area contributed by atoms with E-state index >= 15 is 0 Å². The van der Waals surface area contributed by atoms with Crippen molar-refractivity contribution in [3.8, 4) is 0 Å². The van der Waals surface area contributed by atoms with E-state index < -0.39 is 20.1 Å². The summed E-state index contributed by atoms with van der Waals surface area (Å²) in [6.07, 6.45) is 0. The first kappa shape index (κ1) is 10.4. The predicted octanol–water partition coefficient (Wildman–Crippen LogP) is -8.04. The molecule has 0 atom stereocenters. The molecule has 0 fully saturated rings. The van der Waals surface area contributed by atoms with Crippen molar-refractivity contribution in [1.29, 1.82) is 0 Å². The Bertz CT molecular complexity index is 23.0. The van der Waals surface area contributed by atoms with E-state index in [-0.39, 0.29) is 23.9 Å². The van der Waals surface area contributed by atoms with Crippen molar-refractivity contribution in [3.63, 3.8) is 0 Å². The van der Waals surface area contributed by atoms with Gasteiger partial charge in [-0.1, -0.05) is 0 Å². The molecule has 0 bridgehead atoms. The van der Waals surface area contributed by atoms with E-state index in [2.05, 4.69) is 0 Å². The number of halogens is 1. The van der Waals surface area contributed by atoms with Gasteiger partial charge in [0.2, 0.25) is 0 Å². The summed E-state index contributed by atoms with van der Waals surface area (Å²) in [7, 11) is 0. The number of hydrogen-bond acceptors (Lipinski definition) is 4. The Morgan fingerprint density at radius 3 is 1.17 bits per heavy atom. The SMILES string of the molecule is [O-][I+3]([O-])([O-])O.[SnH2]. The van der Waals surface area contributed by atoms with Gasteiger partial charge < -0.3 is 0 Å². The molecule has 38 valence electrons. The van der Waals surface area contributed by atoms with E-state index in [1.165, 1.54) is 0 Å². The molecule has 2 radical (unpaired) electrons. The summed E-state index contributed by atoms with van der Waals surface area (Å²) in [5.41, 5.74) is 0. The van der Waals surface area contributed by atoms with Crippen LogP contribution in [0.25, 0.3) is 0 Å². The van der Waals surface area contributed by atoms with Gasteiger partial charge in [-0.15, -0.1) is 0 Å². The van der Waals surface area contributed by atoms with Gasteiger partial charge in [0, 0.05) is 3.44 Å². The van der Waals surface area contributed by atoms with Crippen molar-refractivity contribution in [3.05, 3.63) is 0 Å². The van der Waals surface area contributed by atoms with Crippen LogP contribution in [0, 0.1) is 0 Å². The summed E-state index contributed by atoms with van der Waals surface area (Å²) in [5, 5.41) is 0. The van der Waals surface area contributed by atoms with Gasteiger partial charge in [-0.05, 0) is 0 Å². The standard InChI is InChI=1S/HIO4.Sn.2H/c2-1(3,4)5;;;/h2H;;;. The summed E-state index contributed by atoms with van der Waals surface area (Å²) < 4.78 is 33.2. The van der Waals surface area contributed by atoms with Crippen LogP contribution < -0.4 is 30.4 Å². The molecule has 6 heteroatoms. The van der Waals surface area contributed by atoms with Crippen molar-refractivity contribution in [2.24, 2.45) is 0 Å². The summed E-state index contributed by atoms with van der Waals surface area (Å²) in [6, 6.07) is 0. The first-order valence-corrected chi connectivity index (χ1v) is 4.24. The second-order valence-electron chi connectivity index (χ2n) is 0.396. The molecule has 0 aromatic carbocycles. The van der Waals surface area contributed by atoms with Crippen molar-refractivity contribution in [2.45, 2.75) is 0 Å². The van der Waals surface area contributed by atoms with Gasteiger partial charge in [0.1, 0.15) is 0 Å². The van der Waals surface area contributed by atoms with E-state index in [0.29, 0.717) is 0 Å². The predicted molar refractivity (Wildman–Crippen MR) is 10.8 cm³/mol. The van der Waals surface area contributed by atoms with Gasteiger partial charge in [-0.3, -0.25) is 10.3 Å². The van der Waals surface area contributed by atoms with Gasteiger partial charge in [-0.25, -0.2) is 0 Å². The molecule has 0 aliphatic carbocycles. The average Bonchev–Trinajstić information content (AvgIpc) is 0.722. The maximum absolute atomic E-state index is 8.73. The Labute approximate surface area is 57.5 Å². The molecule has 0 amide bonds. The second kappa shape index (κ2) is 3.38. The van der Waals surface area contributed by atoms with Crippen LogP contribution in [0.5, 0.6) is 0 Å². The Kier molecular flexibility index (Phi) is 5.84. The zero-order valence-electron chi connectivity index (χ0n) is 2.76. The second-order valence-corrected chi connectivity index (χ2v) is 2.66. The third kappa shape index (κ3) is 54.7. The third-order valence-electron chi connectivity index (χ3n) is 0.